The minimum Gasteiger partial charge on any atom is -0.395 e. The molecule has 2 aliphatic carbocycles. The summed E-state index contributed by atoms with van der Waals surface area (Å²) in [6.07, 6.45) is 4.41. The third-order valence-electron chi connectivity index (χ3n) is 8.38. The minimum atomic E-state index is -4.11. The molecule has 0 aromatic carbocycles. The van der Waals surface area contributed by atoms with Crippen molar-refractivity contribution in [3.8, 4) is 0 Å². The molecule has 3 rings (SSSR count). The summed E-state index contributed by atoms with van der Waals surface area (Å²) in [7, 11) is 0. The van der Waals surface area contributed by atoms with Crippen molar-refractivity contribution >= 4 is 0 Å². The number of aliphatic hydroxyl groups excluding tert-OH is 3. The topological polar surface area (TPSA) is 73.2 Å². The van der Waals surface area contributed by atoms with Crippen LogP contribution in [-0.2, 0) is 4.74 Å². The highest BCUT2D eigenvalue weighted by Crippen LogP contribution is 2.49. The number of unbranched alkanes of at least 4 members (excludes halogenated alkanes) is 2. The largest absolute Gasteiger partial charge is 0.395 e. The number of aliphatic hydroxyl groups is 3. The van der Waals surface area contributed by atoms with Gasteiger partial charge in [0.2, 0.25) is 0 Å². The standard InChI is InChI=1S/C25H44F3NO4/c26-25(27,28)22-13-18(9-10-21(22)19-7-3-1-4-8-19)17-33-12-6-2-5-11-29-15-24(32)23(31)14-20(29)16-30/h18-24,30-32H,1-17H2/t18?,20-,21?,22?,23?,24+/m1/s1. The van der Waals surface area contributed by atoms with Gasteiger partial charge in [0.15, 0.2) is 0 Å². The monoisotopic (exact) mass is 479 g/mol. The molecule has 6 atom stereocenters. The number of β-amino-alcohol motifs (C(OH)–C–C–N with tert-alkyl or cyclic N) is 1. The molecule has 0 radical (unpaired) electrons. The lowest BCUT2D eigenvalue weighted by Gasteiger charge is -2.42. The Morgan fingerprint density at radius 2 is 1.64 bits per heavy atom. The number of nitrogens with zero attached hydrogens (tertiary/aromatic N) is 1. The van der Waals surface area contributed by atoms with Gasteiger partial charge in [0.05, 0.1) is 24.7 Å². The van der Waals surface area contributed by atoms with Gasteiger partial charge in [0, 0.05) is 25.8 Å². The predicted octanol–water partition coefficient (Wildman–Crippen LogP) is 4.14. The summed E-state index contributed by atoms with van der Waals surface area (Å²) < 4.78 is 47.2. The minimum absolute atomic E-state index is 0.00282. The van der Waals surface area contributed by atoms with Crippen LogP contribution in [0.25, 0.3) is 0 Å². The number of piperidine rings is 1. The number of ether oxygens (including phenoxy) is 1. The summed E-state index contributed by atoms with van der Waals surface area (Å²) in [4.78, 5) is 2.03. The second-order valence-electron chi connectivity index (χ2n) is 10.7. The van der Waals surface area contributed by atoms with Crippen molar-refractivity contribution in [1.29, 1.82) is 0 Å². The predicted molar refractivity (Wildman–Crippen MR) is 121 cm³/mol. The first-order valence-corrected chi connectivity index (χ1v) is 13.1. The molecule has 3 fully saturated rings. The van der Waals surface area contributed by atoms with Crippen LogP contribution in [0.4, 0.5) is 13.2 Å². The van der Waals surface area contributed by atoms with Crippen LogP contribution in [0.5, 0.6) is 0 Å². The lowest BCUT2D eigenvalue weighted by molar-refractivity contribution is -0.209. The Morgan fingerprint density at radius 1 is 0.879 bits per heavy atom. The Labute approximate surface area is 196 Å². The molecule has 3 aliphatic rings. The molecule has 0 aromatic heterocycles. The van der Waals surface area contributed by atoms with Gasteiger partial charge in [0.25, 0.3) is 0 Å². The maximum atomic E-state index is 13.8. The normalized spacial score (nSPS) is 35.1. The molecular formula is C25H44F3NO4. The van der Waals surface area contributed by atoms with Crippen molar-refractivity contribution < 1.29 is 33.2 Å². The van der Waals surface area contributed by atoms with E-state index in [-0.39, 0.29) is 36.8 Å². The summed E-state index contributed by atoms with van der Waals surface area (Å²) in [5.74, 6) is -1.11. The van der Waals surface area contributed by atoms with E-state index in [1.807, 2.05) is 4.90 Å². The maximum Gasteiger partial charge on any atom is 0.392 e. The quantitative estimate of drug-likeness (QED) is 0.411. The highest BCUT2D eigenvalue weighted by Gasteiger charge is 2.49. The van der Waals surface area contributed by atoms with Crippen molar-refractivity contribution in [3.05, 3.63) is 0 Å². The van der Waals surface area contributed by atoms with Crippen molar-refractivity contribution in [2.45, 2.75) is 101 Å². The molecule has 4 unspecified atom stereocenters. The van der Waals surface area contributed by atoms with Crippen LogP contribution >= 0.6 is 0 Å². The van der Waals surface area contributed by atoms with E-state index in [9.17, 15) is 28.5 Å². The molecule has 5 nitrogen and oxygen atoms in total. The summed E-state index contributed by atoms with van der Waals surface area (Å²) in [6.45, 7) is 2.06. The van der Waals surface area contributed by atoms with E-state index >= 15 is 0 Å². The first-order chi connectivity index (χ1) is 15.8. The Bertz CT molecular complexity index is 558. The first-order valence-electron chi connectivity index (χ1n) is 13.1. The zero-order valence-electron chi connectivity index (χ0n) is 19.9. The van der Waals surface area contributed by atoms with Crippen LogP contribution in [0, 0.1) is 23.7 Å². The Morgan fingerprint density at radius 3 is 2.33 bits per heavy atom. The van der Waals surface area contributed by atoms with Gasteiger partial charge in [-0.2, -0.15) is 13.2 Å². The molecule has 2 saturated carbocycles. The van der Waals surface area contributed by atoms with Gasteiger partial charge >= 0.3 is 6.18 Å². The van der Waals surface area contributed by atoms with E-state index in [1.165, 1.54) is 6.42 Å². The van der Waals surface area contributed by atoms with Gasteiger partial charge in [-0.05, 0) is 69.2 Å². The van der Waals surface area contributed by atoms with Gasteiger partial charge in [-0.15, -0.1) is 0 Å². The van der Waals surface area contributed by atoms with E-state index in [4.69, 9.17) is 4.74 Å². The Kier molecular flexibility index (Phi) is 10.8. The molecule has 1 heterocycles. The summed E-state index contributed by atoms with van der Waals surface area (Å²) in [5, 5.41) is 29.1. The molecule has 0 bridgehead atoms. The molecule has 0 amide bonds. The van der Waals surface area contributed by atoms with Crippen LogP contribution < -0.4 is 0 Å². The average Bonchev–Trinajstić information content (AvgIpc) is 2.80. The van der Waals surface area contributed by atoms with E-state index in [2.05, 4.69) is 0 Å². The number of hydrogen-bond acceptors (Lipinski definition) is 5. The number of alkyl halides is 3. The molecule has 194 valence electrons. The summed E-state index contributed by atoms with van der Waals surface area (Å²) in [6, 6.07) is -0.120. The highest BCUT2D eigenvalue weighted by molar-refractivity contribution is 4.89. The molecule has 0 aromatic rings. The molecule has 3 N–H and O–H groups in total. The third-order valence-corrected chi connectivity index (χ3v) is 8.38. The highest BCUT2D eigenvalue weighted by atomic mass is 19.4. The lowest BCUT2D eigenvalue weighted by atomic mass is 9.65. The zero-order valence-corrected chi connectivity index (χ0v) is 19.9. The first kappa shape index (κ1) is 27.2. The van der Waals surface area contributed by atoms with Crippen LogP contribution in [0.3, 0.4) is 0 Å². The van der Waals surface area contributed by atoms with E-state index < -0.39 is 24.3 Å². The van der Waals surface area contributed by atoms with Crippen molar-refractivity contribution in [3.63, 3.8) is 0 Å². The molecule has 0 spiro atoms. The third kappa shape index (κ3) is 8.06. The smallest absolute Gasteiger partial charge is 0.392 e. The zero-order chi connectivity index (χ0) is 23.8. The number of hydrogen-bond donors (Lipinski definition) is 3. The number of rotatable bonds is 10. The second-order valence-corrected chi connectivity index (χ2v) is 10.7. The van der Waals surface area contributed by atoms with E-state index in [0.717, 1.165) is 57.9 Å². The van der Waals surface area contributed by atoms with Crippen molar-refractivity contribution in [2.75, 3.05) is 32.9 Å². The average molecular weight is 480 g/mol. The van der Waals surface area contributed by atoms with Gasteiger partial charge < -0.3 is 20.1 Å². The van der Waals surface area contributed by atoms with Gasteiger partial charge in [-0.3, -0.25) is 4.90 Å². The molecule has 33 heavy (non-hydrogen) atoms. The molecule has 8 heteroatoms. The fraction of sp³-hybridized carbons (Fsp3) is 1.00. The van der Waals surface area contributed by atoms with Crippen LogP contribution in [0.15, 0.2) is 0 Å². The molecule has 1 saturated heterocycles. The van der Waals surface area contributed by atoms with Crippen LogP contribution in [-0.4, -0.2) is 77.6 Å². The molecule has 1 aliphatic heterocycles. The Balaban J connectivity index is 1.31. The van der Waals surface area contributed by atoms with Crippen LogP contribution in [0.2, 0.25) is 0 Å². The van der Waals surface area contributed by atoms with Gasteiger partial charge in [-0.25, -0.2) is 0 Å². The number of likely N-dealkylation sites (tertiary alicyclic amines) is 1. The fourth-order valence-corrected chi connectivity index (χ4v) is 6.44. The summed E-state index contributed by atoms with van der Waals surface area (Å²) >= 11 is 0. The van der Waals surface area contributed by atoms with Crippen LogP contribution in [0.1, 0.15) is 77.0 Å². The Hall–Kier alpha value is -0.410. The lowest BCUT2D eigenvalue weighted by Crippen LogP contribution is -2.53. The van der Waals surface area contributed by atoms with E-state index in [0.29, 0.717) is 32.6 Å². The summed E-state index contributed by atoms with van der Waals surface area (Å²) in [5.41, 5.74) is 0. The number of halogens is 3. The van der Waals surface area contributed by atoms with Gasteiger partial charge in [-0.1, -0.05) is 32.1 Å². The van der Waals surface area contributed by atoms with E-state index in [1.54, 1.807) is 0 Å². The van der Waals surface area contributed by atoms with Crippen molar-refractivity contribution in [1.82, 2.24) is 4.90 Å². The fourth-order valence-electron chi connectivity index (χ4n) is 6.44. The van der Waals surface area contributed by atoms with Crippen molar-refractivity contribution in [2.24, 2.45) is 23.7 Å². The maximum absolute atomic E-state index is 13.8. The van der Waals surface area contributed by atoms with Gasteiger partial charge in [0.1, 0.15) is 0 Å². The molecular weight excluding hydrogens is 435 g/mol. The second kappa shape index (κ2) is 13.1. The SMILES string of the molecule is OC[C@H]1CC(O)[C@@H](O)CN1CCCCCOCC1CCC(C2CCCCC2)C(C(F)(F)F)C1.